The number of rotatable bonds is 0. The van der Waals surface area contributed by atoms with Crippen molar-refractivity contribution in [3.63, 3.8) is 0 Å². The lowest BCUT2D eigenvalue weighted by molar-refractivity contribution is 0.421. The highest BCUT2D eigenvalue weighted by atomic mass is 15.0. The van der Waals surface area contributed by atoms with Gasteiger partial charge in [-0.2, -0.15) is 0 Å². The van der Waals surface area contributed by atoms with Gasteiger partial charge in [-0.05, 0) is 24.0 Å². The highest BCUT2D eigenvalue weighted by Gasteiger charge is 2.40. The lowest BCUT2D eigenvalue weighted by Crippen LogP contribution is -2.46. The van der Waals surface area contributed by atoms with Crippen LogP contribution in [0.25, 0.3) is 0 Å². The molecule has 0 aromatic rings. The van der Waals surface area contributed by atoms with Crippen LogP contribution in [0.1, 0.15) is 12.8 Å². The van der Waals surface area contributed by atoms with E-state index in [1.165, 1.54) is 17.6 Å². The molecule has 2 atom stereocenters. The molecule has 3 aliphatic rings. The Morgan fingerprint density at radius 1 is 1.43 bits per heavy atom. The Hall–Kier alpha value is -0.860. The van der Waals surface area contributed by atoms with Crippen molar-refractivity contribution in [1.82, 2.24) is 5.32 Å². The smallest absolute Gasteiger partial charge is 0.0514 e. The van der Waals surface area contributed by atoms with E-state index >= 15 is 0 Å². The van der Waals surface area contributed by atoms with Crippen molar-refractivity contribution >= 4 is 0 Å². The third-order valence-corrected chi connectivity index (χ3v) is 3.72. The van der Waals surface area contributed by atoms with Gasteiger partial charge in [-0.15, -0.1) is 0 Å². The Labute approximate surface area is 84.6 Å². The van der Waals surface area contributed by atoms with Gasteiger partial charge in [0.05, 0.1) is 5.54 Å². The summed E-state index contributed by atoms with van der Waals surface area (Å²) in [5.74, 6) is 0.631. The van der Waals surface area contributed by atoms with Crippen LogP contribution in [0.5, 0.6) is 0 Å². The first-order chi connectivity index (χ1) is 6.80. The third kappa shape index (κ3) is 1.04. The number of nitrogens with two attached hydrogens (primary N) is 1. The molecule has 2 unspecified atom stereocenters. The van der Waals surface area contributed by atoms with Gasteiger partial charge in [-0.3, -0.25) is 0 Å². The molecular formula is C12H16N2. The van der Waals surface area contributed by atoms with Gasteiger partial charge in [-0.25, -0.2) is 0 Å². The van der Waals surface area contributed by atoms with Crippen LogP contribution in [0.4, 0.5) is 0 Å². The zero-order valence-corrected chi connectivity index (χ0v) is 8.29. The molecule has 0 spiro atoms. The summed E-state index contributed by atoms with van der Waals surface area (Å²) >= 11 is 0. The molecule has 1 saturated heterocycles. The van der Waals surface area contributed by atoms with Gasteiger partial charge >= 0.3 is 0 Å². The van der Waals surface area contributed by atoms with Crippen LogP contribution in [0.2, 0.25) is 0 Å². The second-order valence-electron chi connectivity index (χ2n) is 4.58. The lowest BCUT2D eigenvalue weighted by atomic mass is 9.72. The minimum absolute atomic E-state index is 0.0403. The first-order valence-electron chi connectivity index (χ1n) is 5.38. The van der Waals surface area contributed by atoms with Crippen molar-refractivity contribution in [2.24, 2.45) is 11.7 Å². The molecule has 0 aromatic heterocycles. The zero-order chi connectivity index (χ0) is 9.60. The second-order valence-corrected chi connectivity index (χ2v) is 4.58. The van der Waals surface area contributed by atoms with Gasteiger partial charge in [0.15, 0.2) is 0 Å². The molecule has 2 heteroatoms. The number of hydrogen-bond donors (Lipinski definition) is 2. The fourth-order valence-corrected chi connectivity index (χ4v) is 2.90. The van der Waals surface area contributed by atoms with E-state index in [0.717, 1.165) is 19.5 Å². The van der Waals surface area contributed by atoms with Crippen LogP contribution in [0.3, 0.4) is 0 Å². The van der Waals surface area contributed by atoms with Gasteiger partial charge in [0, 0.05) is 19.0 Å². The molecule has 0 saturated carbocycles. The normalized spacial score (nSPS) is 39.9. The summed E-state index contributed by atoms with van der Waals surface area (Å²) in [6.07, 6.45) is 11.2. The average molecular weight is 188 g/mol. The zero-order valence-electron chi connectivity index (χ0n) is 8.29. The number of fused-ring (bicyclic) bond motifs is 2. The minimum Gasteiger partial charge on any atom is -0.321 e. The summed E-state index contributed by atoms with van der Waals surface area (Å²) in [7, 11) is 0. The van der Waals surface area contributed by atoms with E-state index in [-0.39, 0.29) is 5.54 Å². The predicted molar refractivity (Wildman–Crippen MR) is 57.8 cm³/mol. The Morgan fingerprint density at radius 2 is 2.36 bits per heavy atom. The maximum absolute atomic E-state index is 6.39. The topological polar surface area (TPSA) is 38.0 Å². The Morgan fingerprint density at radius 3 is 3.29 bits per heavy atom. The van der Waals surface area contributed by atoms with Crippen molar-refractivity contribution < 1.29 is 0 Å². The monoisotopic (exact) mass is 188 g/mol. The molecule has 74 valence electrons. The quantitative estimate of drug-likeness (QED) is 0.598. The van der Waals surface area contributed by atoms with E-state index in [2.05, 4.69) is 29.6 Å². The largest absolute Gasteiger partial charge is 0.321 e. The molecule has 2 aliphatic carbocycles. The molecule has 1 aliphatic heterocycles. The second kappa shape index (κ2) is 2.81. The molecule has 3 N–H and O–H groups in total. The van der Waals surface area contributed by atoms with Gasteiger partial charge < -0.3 is 11.1 Å². The first-order valence-corrected chi connectivity index (χ1v) is 5.38. The van der Waals surface area contributed by atoms with E-state index < -0.39 is 0 Å². The lowest BCUT2D eigenvalue weighted by Gasteiger charge is -2.35. The summed E-state index contributed by atoms with van der Waals surface area (Å²) in [6.45, 7) is 1.94. The van der Waals surface area contributed by atoms with E-state index in [1.54, 1.807) is 0 Å². The first kappa shape index (κ1) is 8.45. The van der Waals surface area contributed by atoms with E-state index in [4.69, 9.17) is 5.73 Å². The van der Waals surface area contributed by atoms with Gasteiger partial charge in [-0.1, -0.05) is 24.3 Å². The molecule has 0 amide bonds. The van der Waals surface area contributed by atoms with Crippen LogP contribution in [0.15, 0.2) is 35.5 Å². The van der Waals surface area contributed by atoms with Gasteiger partial charge in [0.1, 0.15) is 0 Å². The van der Waals surface area contributed by atoms with Crippen LogP contribution in [-0.4, -0.2) is 18.6 Å². The predicted octanol–water partition coefficient (Wildman–Crippen LogP) is 1.12. The highest BCUT2D eigenvalue weighted by Crippen LogP contribution is 2.40. The average Bonchev–Trinajstić information content (AvgIpc) is 2.60. The summed E-state index contributed by atoms with van der Waals surface area (Å²) < 4.78 is 0. The summed E-state index contributed by atoms with van der Waals surface area (Å²) in [6, 6.07) is 0. The molecule has 14 heavy (non-hydrogen) atoms. The SMILES string of the molecule is NC12CCC3C=CC=CC3=C1CNC2. The van der Waals surface area contributed by atoms with Crippen LogP contribution in [0, 0.1) is 5.92 Å². The fourth-order valence-electron chi connectivity index (χ4n) is 2.90. The molecule has 1 heterocycles. The maximum Gasteiger partial charge on any atom is 0.0514 e. The summed E-state index contributed by atoms with van der Waals surface area (Å²) in [5.41, 5.74) is 9.28. The Balaban J connectivity index is 2.11. The van der Waals surface area contributed by atoms with Crippen molar-refractivity contribution in [3.05, 3.63) is 35.5 Å². The van der Waals surface area contributed by atoms with Crippen molar-refractivity contribution in [3.8, 4) is 0 Å². The molecule has 1 fully saturated rings. The van der Waals surface area contributed by atoms with Crippen LogP contribution < -0.4 is 11.1 Å². The summed E-state index contributed by atoms with van der Waals surface area (Å²) in [4.78, 5) is 0. The number of allylic oxidation sites excluding steroid dienone is 5. The van der Waals surface area contributed by atoms with Crippen molar-refractivity contribution in [2.75, 3.05) is 13.1 Å². The van der Waals surface area contributed by atoms with Crippen LogP contribution in [-0.2, 0) is 0 Å². The molecular weight excluding hydrogens is 172 g/mol. The molecule has 0 bridgehead atoms. The van der Waals surface area contributed by atoms with E-state index in [0.29, 0.717) is 5.92 Å². The standard InChI is InChI=1S/C12H16N2/c13-12-6-5-9-3-1-2-4-10(9)11(12)7-14-8-12/h1-4,9,14H,5-8,13H2. The van der Waals surface area contributed by atoms with Gasteiger partial charge in [0.2, 0.25) is 0 Å². The molecule has 0 aromatic carbocycles. The van der Waals surface area contributed by atoms with Gasteiger partial charge in [0.25, 0.3) is 0 Å². The number of nitrogens with one attached hydrogen (secondary N) is 1. The van der Waals surface area contributed by atoms with E-state index in [1.807, 2.05) is 0 Å². The fraction of sp³-hybridized carbons (Fsp3) is 0.500. The van der Waals surface area contributed by atoms with Crippen molar-refractivity contribution in [2.45, 2.75) is 18.4 Å². The minimum atomic E-state index is -0.0403. The highest BCUT2D eigenvalue weighted by molar-refractivity contribution is 5.45. The summed E-state index contributed by atoms with van der Waals surface area (Å²) in [5, 5.41) is 3.40. The molecule has 0 radical (unpaired) electrons. The Bertz CT molecular complexity index is 351. The van der Waals surface area contributed by atoms with Crippen molar-refractivity contribution in [1.29, 1.82) is 0 Å². The third-order valence-electron chi connectivity index (χ3n) is 3.72. The maximum atomic E-state index is 6.39. The Kier molecular flexibility index (Phi) is 1.70. The van der Waals surface area contributed by atoms with E-state index in [9.17, 15) is 0 Å². The van der Waals surface area contributed by atoms with Crippen LogP contribution >= 0.6 is 0 Å². The molecule has 2 nitrogen and oxygen atoms in total. The molecule has 3 rings (SSSR count). The number of hydrogen-bond acceptors (Lipinski definition) is 2.